The molecule has 1 aromatic carbocycles. The second-order valence-corrected chi connectivity index (χ2v) is 7.72. The number of aliphatic hydroxyl groups excluding tert-OH is 1. The van der Waals surface area contributed by atoms with Crippen LogP contribution < -0.4 is 0 Å². The molecule has 0 saturated carbocycles. The topological polar surface area (TPSA) is 23.5 Å². The highest BCUT2D eigenvalue weighted by atomic mass is 16.3. The van der Waals surface area contributed by atoms with E-state index in [-0.39, 0.29) is 6.10 Å². The highest BCUT2D eigenvalue weighted by Gasteiger charge is 2.25. The summed E-state index contributed by atoms with van der Waals surface area (Å²) in [6.45, 7) is 8.17. The third-order valence-corrected chi connectivity index (χ3v) is 5.27. The molecule has 1 aliphatic heterocycles. The smallest absolute Gasteiger partial charge is 0.0802 e. The summed E-state index contributed by atoms with van der Waals surface area (Å²) in [7, 11) is 0. The number of rotatable bonds is 4. The van der Waals surface area contributed by atoms with E-state index < -0.39 is 0 Å². The zero-order chi connectivity index (χ0) is 14.9. The summed E-state index contributed by atoms with van der Waals surface area (Å²) in [6.07, 6.45) is 6.81. The number of hydrogen-bond donors (Lipinski definition) is 1. The molecule has 116 valence electrons. The quantitative estimate of drug-likeness (QED) is 0.912. The molecule has 2 nitrogen and oxygen atoms in total. The van der Waals surface area contributed by atoms with E-state index in [0.29, 0.717) is 5.41 Å². The number of aryl methyl sites for hydroxylation is 1. The Balaban J connectivity index is 1.63. The zero-order valence-electron chi connectivity index (χ0n) is 13.6. The normalized spacial score (nSPS) is 23.0. The van der Waals surface area contributed by atoms with Crippen LogP contribution in [0.1, 0.15) is 62.3 Å². The molecule has 1 heterocycles. The van der Waals surface area contributed by atoms with Gasteiger partial charge in [0.1, 0.15) is 0 Å². The molecule has 1 fully saturated rings. The molecule has 2 heteroatoms. The van der Waals surface area contributed by atoms with Gasteiger partial charge in [-0.05, 0) is 73.7 Å². The summed E-state index contributed by atoms with van der Waals surface area (Å²) in [4.78, 5) is 2.48. The lowest BCUT2D eigenvalue weighted by atomic mass is 9.74. The van der Waals surface area contributed by atoms with E-state index in [4.69, 9.17) is 0 Å². The Hall–Kier alpha value is -0.860. The summed E-state index contributed by atoms with van der Waals surface area (Å²) in [5.41, 5.74) is 4.50. The van der Waals surface area contributed by atoms with Crippen molar-refractivity contribution in [2.45, 2.75) is 58.5 Å². The lowest BCUT2D eigenvalue weighted by molar-refractivity contribution is 0.148. The third kappa shape index (κ3) is 3.67. The van der Waals surface area contributed by atoms with Gasteiger partial charge in [-0.25, -0.2) is 0 Å². The molecule has 0 aromatic heterocycles. The van der Waals surface area contributed by atoms with Crippen LogP contribution in [-0.2, 0) is 12.8 Å². The molecule has 1 aliphatic carbocycles. The number of fused-ring (bicyclic) bond motifs is 1. The third-order valence-electron chi connectivity index (χ3n) is 5.27. The first kappa shape index (κ1) is 15.1. The summed E-state index contributed by atoms with van der Waals surface area (Å²) >= 11 is 0. The Morgan fingerprint density at radius 2 is 1.95 bits per heavy atom. The van der Waals surface area contributed by atoms with Crippen LogP contribution in [-0.4, -0.2) is 29.6 Å². The van der Waals surface area contributed by atoms with Gasteiger partial charge in [0.25, 0.3) is 0 Å². The molecule has 1 unspecified atom stereocenters. The standard InChI is InChI=1S/C19H29NO/c1-19(2)9-7-15-13-16(5-6-17(15)14-19)18(21)8-12-20-10-3-4-11-20/h5-6,13,18,21H,3-4,7-12,14H2,1-2H3. The highest BCUT2D eigenvalue weighted by Crippen LogP contribution is 2.35. The molecule has 2 aliphatic rings. The lowest BCUT2D eigenvalue weighted by Gasteiger charge is -2.31. The second kappa shape index (κ2) is 6.10. The molecular weight excluding hydrogens is 258 g/mol. The zero-order valence-corrected chi connectivity index (χ0v) is 13.6. The Morgan fingerprint density at radius 1 is 1.19 bits per heavy atom. The first-order valence-electron chi connectivity index (χ1n) is 8.56. The Kier molecular flexibility index (Phi) is 4.37. The molecule has 21 heavy (non-hydrogen) atoms. The van der Waals surface area contributed by atoms with Gasteiger partial charge in [-0.2, -0.15) is 0 Å². The Labute approximate surface area is 129 Å². The maximum Gasteiger partial charge on any atom is 0.0802 e. The van der Waals surface area contributed by atoms with E-state index in [1.807, 2.05) is 0 Å². The average Bonchev–Trinajstić information content (AvgIpc) is 2.96. The second-order valence-electron chi connectivity index (χ2n) is 7.72. The molecule has 0 radical (unpaired) electrons. The maximum atomic E-state index is 10.5. The minimum Gasteiger partial charge on any atom is -0.388 e. The van der Waals surface area contributed by atoms with Crippen LogP contribution in [0.5, 0.6) is 0 Å². The number of likely N-dealkylation sites (tertiary alicyclic amines) is 1. The van der Waals surface area contributed by atoms with Crippen LogP contribution in [0.3, 0.4) is 0 Å². The monoisotopic (exact) mass is 287 g/mol. The van der Waals surface area contributed by atoms with Gasteiger partial charge in [0.2, 0.25) is 0 Å². The number of nitrogens with zero attached hydrogens (tertiary/aromatic N) is 1. The maximum absolute atomic E-state index is 10.5. The molecular formula is C19H29NO. The van der Waals surface area contributed by atoms with Gasteiger partial charge >= 0.3 is 0 Å². The van der Waals surface area contributed by atoms with Crippen LogP contribution in [0.4, 0.5) is 0 Å². The van der Waals surface area contributed by atoms with Crippen molar-refractivity contribution in [2.75, 3.05) is 19.6 Å². The van der Waals surface area contributed by atoms with E-state index in [9.17, 15) is 5.11 Å². The van der Waals surface area contributed by atoms with Crippen molar-refractivity contribution in [1.29, 1.82) is 0 Å². The minimum atomic E-state index is -0.300. The van der Waals surface area contributed by atoms with Gasteiger partial charge in [0.05, 0.1) is 6.10 Å². The van der Waals surface area contributed by atoms with Crippen molar-refractivity contribution < 1.29 is 5.11 Å². The highest BCUT2D eigenvalue weighted by molar-refractivity contribution is 5.35. The molecule has 0 bridgehead atoms. The predicted octanol–water partition coefficient (Wildman–Crippen LogP) is 3.72. The van der Waals surface area contributed by atoms with Crippen molar-refractivity contribution in [3.63, 3.8) is 0 Å². The van der Waals surface area contributed by atoms with Gasteiger partial charge in [-0.1, -0.05) is 32.0 Å². The fourth-order valence-electron chi connectivity index (χ4n) is 3.81. The van der Waals surface area contributed by atoms with Gasteiger partial charge in [0, 0.05) is 6.54 Å². The van der Waals surface area contributed by atoms with Crippen molar-refractivity contribution in [3.05, 3.63) is 34.9 Å². The van der Waals surface area contributed by atoms with Crippen molar-refractivity contribution >= 4 is 0 Å². The summed E-state index contributed by atoms with van der Waals surface area (Å²) in [5.74, 6) is 0. The van der Waals surface area contributed by atoms with Crippen molar-refractivity contribution in [1.82, 2.24) is 4.90 Å². The molecule has 1 aromatic rings. The number of aliphatic hydroxyl groups is 1. The molecule has 0 amide bonds. The summed E-state index contributed by atoms with van der Waals surface area (Å²) in [6, 6.07) is 6.67. The predicted molar refractivity (Wildman–Crippen MR) is 87.5 cm³/mol. The van der Waals surface area contributed by atoms with E-state index in [2.05, 4.69) is 36.9 Å². The average molecular weight is 287 g/mol. The molecule has 1 atom stereocenters. The molecule has 0 spiro atoms. The van der Waals surface area contributed by atoms with Crippen LogP contribution in [0, 0.1) is 5.41 Å². The van der Waals surface area contributed by atoms with Crippen LogP contribution in [0.25, 0.3) is 0 Å². The van der Waals surface area contributed by atoms with Gasteiger partial charge < -0.3 is 10.0 Å². The number of hydrogen-bond acceptors (Lipinski definition) is 2. The van der Waals surface area contributed by atoms with E-state index >= 15 is 0 Å². The van der Waals surface area contributed by atoms with Crippen molar-refractivity contribution in [3.8, 4) is 0 Å². The fourth-order valence-corrected chi connectivity index (χ4v) is 3.81. The van der Waals surface area contributed by atoms with Crippen molar-refractivity contribution in [2.24, 2.45) is 5.41 Å². The van der Waals surface area contributed by atoms with Gasteiger partial charge in [-0.3, -0.25) is 0 Å². The Morgan fingerprint density at radius 3 is 2.71 bits per heavy atom. The van der Waals surface area contributed by atoms with Crippen LogP contribution in [0.2, 0.25) is 0 Å². The first-order valence-corrected chi connectivity index (χ1v) is 8.56. The van der Waals surface area contributed by atoms with E-state index in [1.165, 1.54) is 49.9 Å². The molecule has 3 rings (SSSR count). The SMILES string of the molecule is CC1(C)CCc2cc(C(O)CCN3CCCC3)ccc2C1. The van der Waals surface area contributed by atoms with Crippen LogP contribution in [0.15, 0.2) is 18.2 Å². The lowest BCUT2D eigenvalue weighted by Crippen LogP contribution is -2.23. The first-order chi connectivity index (χ1) is 10.0. The van der Waals surface area contributed by atoms with Gasteiger partial charge in [-0.15, -0.1) is 0 Å². The summed E-state index contributed by atoms with van der Waals surface area (Å²) < 4.78 is 0. The largest absolute Gasteiger partial charge is 0.388 e. The Bertz CT molecular complexity index is 488. The van der Waals surface area contributed by atoms with E-state index in [1.54, 1.807) is 0 Å². The minimum absolute atomic E-state index is 0.300. The van der Waals surface area contributed by atoms with Gasteiger partial charge in [0.15, 0.2) is 0 Å². The summed E-state index contributed by atoms with van der Waals surface area (Å²) in [5, 5.41) is 10.5. The van der Waals surface area contributed by atoms with Crippen LogP contribution >= 0.6 is 0 Å². The molecule has 1 N–H and O–H groups in total. The number of benzene rings is 1. The van der Waals surface area contributed by atoms with E-state index in [0.717, 1.165) is 24.9 Å². The fraction of sp³-hybridized carbons (Fsp3) is 0.684. The molecule has 1 saturated heterocycles.